The van der Waals surface area contributed by atoms with Crippen LogP contribution in [0.1, 0.15) is 39.7 Å². The number of nitriles is 1. The van der Waals surface area contributed by atoms with Gasteiger partial charge in [-0.15, -0.1) is 0 Å². The van der Waals surface area contributed by atoms with E-state index < -0.39 is 17.0 Å². The molecule has 4 rings (SSSR count). The number of carbonyl (C=O) groups excluding carboxylic acids is 1. The van der Waals surface area contributed by atoms with Crippen LogP contribution in [0.5, 0.6) is 5.75 Å². The molecule has 36 heavy (non-hydrogen) atoms. The number of ether oxygens (including phenoxy) is 1. The van der Waals surface area contributed by atoms with Gasteiger partial charge in [0.05, 0.1) is 24.6 Å². The molecule has 10 heteroatoms. The van der Waals surface area contributed by atoms with E-state index in [2.05, 4.69) is 20.6 Å². The maximum absolute atomic E-state index is 12.9. The van der Waals surface area contributed by atoms with Crippen LogP contribution in [0.15, 0.2) is 63.2 Å². The summed E-state index contributed by atoms with van der Waals surface area (Å²) in [7, 11) is 1.54. The number of hydrogen-bond acceptors (Lipinski definition) is 7. The van der Waals surface area contributed by atoms with E-state index in [1.165, 1.54) is 13.1 Å². The molecule has 180 valence electrons. The molecule has 0 unspecified atom stereocenters. The molecule has 1 amide bonds. The number of carbonyl (C=O) groups is 1. The molecule has 0 bridgehead atoms. The Balaban J connectivity index is 1.66. The molecule has 2 aromatic carbocycles. The minimum atomic E-state index is -0.738. The molecule has 0 aliphatic rings. The third-order valence-electron chi connectivity index (χ3n) is 5.70. The number of nitrogens with one attached hydrogen (secondary N) is 2. The molecule has 0 aliphatic heterocycles. The Hall–Kier alpha value is -5.04. The molecule has 0 aliphatic carbocycles. The number of pyridine rings is 1. The van der Waals surface area contributed by atoms with E-state index in [0.29, 0.717) is 17.0 Å². The van der Waals surface area contributed by atoms with Crippen molar-refractivity contribution in [2.75, 3.05) is 7.11 Å². The summed E-state index contributed by atoms with van der Waals surface area (Å²) >= 11 is 0. The van der Waals surface area contributed by atoms with Gasteiger partial charge in [-0.2, -0.15) is 20.1 Å². The number of rotatable bonds is 6. The fourth-order valence-corrected chi connectivity index (χ4v) is 3.64. The molecular weight excluding hydrogens is 460 g/mol. The largest absolute Gasteiger partial charge is 0.497 e. The van der Waals surface area contributed by atoms with E-state index in [9.17, 15) is 19.6 Å². The number of fused-ring (bicyclic) bond motifs is 1. The lowest BCUT2D eigenvalue weighted by molar-refractivity contribution is 0.0947. The molecule has 0 saturated heterocycles. The van der Waals surface area contributed by atoms with Crippen molar-refractivity contribution in [3.8, 4) is 17.5 Å². The maximum atomic E-state index is 12.9. The zero-order valence-electron chi connectivity index (χ0n) is 19.8. The van der Waals surface area contributed by atoms with Crippen molar-refractivity contribution in [1.82, 2.24) is 20.2 Å². The topological polar surface area (TPSA) is 142 Å². The van der Waals surface area contributed by atoms with E-state index >= 15 is 0 Å². The molecule has 0 radical (unpaired) electrons. The average molecular weight is 483 g/mol. The summed E-state index contributed by atoms with van der Waals surface area (Å²) in [5.41, 5.74) is 3.41. The number of aromatic nitrogens is 3. The van der Waals surface area contributed by atoms with Crippen molar-refractivity contribution in [1.29, 1.82) is 5.26 Å². The van der Waals surface area contributed by atoms with Crippen LogP contribution < -0.4 is 21.3 Å². The van der Waals surface area contributed by atoms with Crippen molar-refractivity contribution in [3.05, 3.63) is 97.2 Å². The zero-order valence-corrected chi connectivity index (χ0v) is 19.8. The highest BCUT2D eigenvalue weighted by Crippen LogP contribution is 2.18. The van der Waals surface area contributed by atoms with Gasteiger partial charge in [0.1, 0.15) is 17.4 Å². The molecule has 4 aromatic rings. The Morgan fingerprint density at radius 2 is 1.97 bits per heavy atom. The van der Waals surface area contributed by atoms with E-state index in [0.717, 1.165) is 22.1 Å². The van der Waals surface area contributed by atoms with Gasteiger partial charge in [0, 0.05) is 16.5 Å². The number of benzene rings is 2. The van der Waals surface area contributed by atoms with Crippen LogP contribution >= 0.6 is 0 Å². The number of aromatic amines is 1. The average Bonchev–Trinajstić information content (AvgIpc) is 2.89. The van der Waals surface area contributed by atoms with Gasteiger partial charge in [0.15, 0.2) is 5.69 Å². The second-order valence-corrected chi connectivity index (χ2v) is 7.90. The Labute approximate surface area is 205 Å². The van der Waals surface area contributed by atoms with Crippen LogP contribution in [0.3, 0.4) is 0 Å². The molecule has 0 spiro atoms. The summed E-state index contributed by atoms with van der Waals surface area (Å²) < 4.78 is 6.23. The fourth-order valence-electron chi connectivity index (χ4n) is 3.64. The first-order valence-corrected chi connectivity index (χ1v) is 11.0. The molecule has 0 fully saturated rings. The first-order valence-electron chi connectivity index (χ1n) is 11.0. The van der Waals surface area contributed by atoms with Crippen LogP contribution in [0.4, 0.5) is 0 Å². The predicted molar refractivity (Wildman–Crippen MR) is 135 cm³/mol. The van der Waals surface area contributed by atoms with Crippen LogP contribution in [0, 0.1) is 18.3 Å². The maximum Gasteiger partial charge on any atom is 0.292 e. The summed E-state index contributed by atoms with van der Waals surface area (Å²) in [5, 5.41) is 18.3. The molecule has 2 heterocycles. The van der Waals surface area contributed by atoms with Gasteiger partial charge < -0.3 is 9.72 Å². The van der Waals surface area contributed by atoms with Crippen molar-refractivity contribution < 1.29 is 9.53 Å². The van der Waals surface area contributed by atoms with Gasteiger partial charge in [-0.05, 0) is 55.3 Å². The number of nitrogens with zero attached hydrogens (tertiary/aromatic N) is 4. The normalized spacial score (nSPS) is 10.9. The monoisotopic (exact) mass is 482 g/mol. The summed E-state index contributed by atoms with van der Waals surface area (Å²) in [6, 6.07) is 15.8. The van der Waals surface area contributed by atoms with Crippen molar-refractivity contribution >= 4 is 23.0 Å². The molecule has 0 saturated carbocycles. The first-order chi connectivity index (χ1) is 17.4. The Bertz CT molecular complexity index is 1660. The van der Waals surface area contributed by atoms with Crippen molar-refractivity contribution in [3.63, 3.8) is 0 Å². The van der Waals surface area contributed by atoms with Gasteiger partial charge in [0.25, 0.3) is 17.0 Å². The number of hydrazone groups is 1. The summed E-state index contributed by atoms with van der Waals surface area (Å²) in [5.74, 6) is -0.113. The number of amides is 1. The Morgan fingerprint density at radius 1 is 1.22 bits per heavy atom. The van der Waals surface area contributed by atoms with Crippen LogP contribution in [-0.4, -0.2) is 34.0 Å². The molecule has 2 aromatic heterocycles. The highest BCUT2D eigenvalue weighted by Gasteiger charge is 2.20. The van der Waals surface area contributed by atoms with Gasteiger partial charge in [0.2, 0.25) is 0 Å². The Kier molecular flexibility index (Phi) is 6.74. The zero-order chi connectivity index (χ0) is 25.8. The van der Waals surface area contributed by atoms with Crippen LogP contribution in [-0.2, 0) is 6.42 Å². The van der Waals surface area contributed by atoms with E-state index in [1.54, 1.807) is 43.5 Å². The smallest absolute Gasteiger partial charge is 0.292 e. The third kappa shape index (κ3) is 4.63. The van der Waals surface area contributed by atoms with E-state index in [4.69, 9.17) is 4.74 Å². The SMILES string of the molecule is CCc1ccc(-n2nc(C(=O)N/N=C/c3cc4cc(OC)ccc4[nH]c3=O)c(C)c(C#N)c2=O)cc1. The van der Waals surface area contributed by atoms with E-state index in [1.807, 2.05) is 25.1 Å². The van der Waals surface area contributed by atoms with Gasteiger partial charge in [-0.25, -0.2) is 5.43 Å². The van der Waals surface area contributed by atoms with E-state index in [-0.39, 0.29) is 22.4 Å². The third-order valence-corrected chi connectivity index (χ3v) is 5.70. The molecule has 0 atom stereocenters. The molecule has 2 N–H and O–H groups in total. The first kappa shape index (κ1) is 24.1. The molecular formula is C26H22N6O4. The number of aryl methyl sites for hydroxylation is 1. The fraction of sp³-hybridized carbons (Fsp3) is 0.154. The number of hydrogen-bond donors (Lipinski definition) is 2. The van der Waals surface area contributed by atoms with Gasteiger partial charge in [-0.1, -0.05) is 19.1 Å². The van der Waals surface area contributed by atoms with Crippen LogP contribution in [0.25, 0.3) is 16.6 Å². The highest BCUT2D eigenvalue weighted by molar-refractivity contribution is 5.95. The summed E-state index contributed by atoms with van der Waals surface area (Å²) in [6.07, 6.45) is 2.02. The second kappa shape index (κ2) is 10.1. The highest BCUT2D eigenvalue weighted by atomic mass is 16.5. The minimum Gasteiger partial charge on any atom is -0.497 e. The standard InChI is InChI=1S/C26H22N6O4/c1-4-16-5-7-19(8-6-16)32-26(35)21(13-27)15(2)23(31-32)25(34)30-28-14-18-11-17-12-20(36-3)9-10-22(17)29-24(18)33/h5-12,14H,4H2,1-3H3,(H,29,33)(H,30,34)/b28-14+. The number of H-pyrrole nitrogens is 1. The molecule has 10 nitrogen and oxygen atoms in total. The second-order valence-electron chi connectivity index (χ2n) is 7.90. The lowest BCUT2D eigenvalue weighted by Crippen LogP contribution is -2.31. The lowest BCUT2D eigenvalue weighted by Gasteiger charge is -2.11. The van der Waals surface area contributed by atoms with Gasteiger partial charge in [-0.3, -0.25) is 14.4 Å². The lowest BCUT2D eigenvalue weighted by atomic mass is 10.1. The quantitative estimate of drug-likeness (QED) is 0.319. The van der Waals surface area contributed by atoms with Gasteiger partial charge >= 0.3 is 0 Å². The predicted octanol–water partition coefficient (Wildman–Crippen LogP) is 2.59. The summed E-state index contributed by atoms with van der Waals surface area (Å²) in [6.45, 7) is 3.47. The van der Waals surface area contributed by atoms with Crippen molar-refractivity contribution in [2.45, 2.75) is 20.3 Å². The minimum absolute atomic E-state index is 0.132. The Morgan fingerprint density at radius 3 is 2.64 bits per heavy atom. The summed E-state index contributed by atoms with van der Waals surface area (Å²) in [4.78, 5) is 40.8. The van der Waals surface area contributed by atoms with Crippen molar-refractivity contribution in [2.24, 2.45) is 5.10 Å². The number of methoxy groups -OCH3 is 1. The van der Waals surface area contributed by atoms with Crippen LogP contribution in [0.2, 0.25) is 0 Å².